The lowest BCUT2D eigenvalue weighted by Crippen LogP contribution is -2.38. The lowest BCUT2D eigenvalue weighted by molar-refractivity contribution is 0.211. The number of benzene rings is 1. The van der Waals surface area contributed by atoms with E-state index in [1.807, 2.05) is 24.3 Å². The molecule has 0 amide bonds. The Morgan fingerprint density at radius 1 is 1.11 bits per heavy atom. The molecule has 10 nitrogen and oxygen atoms in total. The Balaban J connectivity index is 1.21. The molecule has 3 aromatic rings. The van der Waals surface area contributed by atoms with Crippen LogP contribution in [0.15, 0.2) is 72.1 Å². The van der Waals surface area contributed by atoms with Crippen LogP contribution in [0.25, 0.3) is 0 Å². The molecule has 1 fully saturated rings. The Bertz CT molecular complexity index is 1360. The van der Waals surface area contributed by atoms with Gasteiger partial charge in [-0.2, -0.15) is 5.26 Å². The summed E-state index contributed by atoms with van der Waals surface area (Å²) in [6, 6.07) is 15.9. The van der Waals surface area contributed by atoms with E-state index < -0.39 is 0 Å². The van der Waals surface area contributed by atoms with Crippen LogP contribution in [-0.2, 0) is 6.54 Å². The van der Waals surface area contributed by atoms with Crippen LogP contribution >= 0.6 is 0 Å². The van der Waals surface area contributed by atoms with Gasteiger partial charge in [0, 0.05) is 43.8 Å². The molecule has 0 unspecified atom stereocenters. The monoisotopic (exact) mass is 478 g/mol. The Kier molecular flexibility index (Phi) is 6.38. The first kappa shape index (κ1) is 23.1. The standard InChI is InChI=1S/C26H26N10/c1-17-25(29)36(26(32-17)21-3-2-11-31-24(21)28)20-6-4-18(5-7-20)16-35-13-9-19(10-14-35)33-22-8-12-30-23(15-27)34-22/h2-8,11-12,19,29H,1,9-10,13-14,16H2,(H2,28,31)(H,30,33,34). The smallest absolute Gasteiger partial charge is 0.234 e. The largest absolute Gasteiger partial charge is 0.383 e. The molecule has 1 aromatic carbocycles. The molecule has 4 N–H and O–H groups in total. The van der Waals surface area contributed by atoms with Crippen molar-refractivity contribution in [1.29, 1.82) is 10.7 Å². The van der Waals surface area contributed by atoms with Crippen molar-refractivity contribution in [1.82, 2.24) is 19.9 Å². The molecule has 0 radical (unpaired) electrons. The van der Waals surface area contributed by atoms with Gasteiger partial charge in [0.25, 0.3) is 0 Å². The van der Waals surface area contributed by atoms with E-state index in [2.05, 4.69) is 48.9 Å². The molecule has 0 bridgehead atoms. The molecule has 10 heteroatoms. The molecule has 5 rings (SSSR count). The van der Waals surface area contributed by atoms with E-state index in [1.165, 1.54) is 5.56 Å². The highest BCUT2D eigenvalue weighted by molar-refractivity contribution is 6.33. The fourth-order valence-electron chi connectivity index (χ4n) is 4.45. The molecule has 2 aliphatic heterocycles. The molecule has 4 heterocycles. The molecular formula is C26H26N10. The maximum Gasteiger partial charge on any atom is 0.234 e. The fourth-order valence-corrected chi connectivity index (χ4v) is 4.45. The van der Waals surface area contributed by atoms with Crippen LogP contribution in [0, 0.1) is 16.7 Å². The quantitative estimate of drug-likeness (QED) is 0.490. The summed E-state index contributed by atoms with van der Waals surface area (Å²) in [5.41, 5.74) is 9.17. The van der Waals surface area contributed by atoms with Crippen LogP contribution in [0.1, 0.15) is 29.8 Å². The first-order valence-corrected chi connectivity index (χ1v) is 11.7. The summed E-state index contributed by atoms with van der Waals surface area (Å²) in [6.45, 7) is 6.67. The lowest BCUT2D eigenvalue weighted by Gasteiger charge is -2.32. The molecule has 2 aromatic heterocycles. The lowest BCUT2D eigenvalue weighted by atomic mass is 10.0. The third-order valence-corrected chi connectivity index (χ3v) is 6.32. The summed E-state index contributed by atoms with van der Waals surface area (Å²) in [5, 5.41) is 20.9. The highest BCUT2D eigenvalue weighted by atomic mass is 15.3. The van der Waals surface area contributed by atoms with Crippen molar-refractivity contribution in [3.8, 4) is 6.07 Å². The van der Waals surface area contributed by atoms with Crippen LogP contribution in [0.5, 0.6) is 0 Å². The van der Waals surface area contributed by atoms with Gasteiger partial charge in [0.1, 0.15) is 23.4 Å². The Labute approximate surface area is 209 Å². The summed E-state index contributed by atoms with van der Waals surface area (Å²) in [5.74, 6) is 2.02. The maximum atomic E-state index is 8.98. The SMILES string of the molecule is C=C1N=C(c2cccnc2N)N(c2ccc(CN3CCC(Nc4ccnc(C#N)n4)CC3)cc2)C1=N. The maximum absolute atomic E-state index is 8.98. The second kappa shape index (κ2) is 9.93. The van der Waals surface area contributed by atoms with Gasteiger partial charge in [0.05, 0.1) is 5.56 Å². The summed E-state index contributed by atoms with van der Waals surface area (Å²) in [6.07, 6.45) is 5.21. The number of rotatable bonds is 6. The summed E-state index contributed by atoms with van der Waals surface area (Å²) in [7, 11) is 0. The van der Waals surface area contributed by atoms with Gasteiger partial charge in [-0.3, -0.25) is 15.2 Å². The Morgan fingerprint density at radius 3 is 2.61 bits per heavy atom. The third-order valence-electron chi connectivity index (χ3n) is 6.32. The highest BCUT2D eigenvalue weighted by Gasteiger charge is 2.30. The van der Waals surface area contributed by atoms with E-state index >= 15 is 0 Å². The number of likely N-dealkylation sites (tertiary alicyclic amines) is 1. The fraction of sp³-hybridized carbons (Fsp3) is 0.231. The zero-order valence-corrected chi connectivity index (χ0v) is 19.7. The van der Waals surface area contributed by atoms with Crippen LogP contribution in [0.3, 0.4) is 0 Å². The Morgan fingerprint density at radius 2 is 1.89 bits per heavy atom. The number of pyridine rings is 1. The number of nitriles is 1. The molecule has 2 aliphatic rings. The molecule has 0 saturated carbocycles. The van der Waals surface area contributed by atoms with Gasteiger partial charge in [0.2, 0.25) is 5.82 Å². The zero-order chi connectivity index (χ0) is 25.1. The summed E-state index contributed by atoms with van der Waals surface area (Å²) < 4.78 is 0. The number of hydrogen-bond donors (Lipinski definition) is 3. The van der Waals surface area contributed by atoms with Crippen molar-refractivity contribution in [3.63, 3.8) is 0 Å². The van der Waals surface area contributed by atoms with Crippen molar-refractivity contribution in [2.24, 2.45) is 4.99 Å². The third kappa shape index (κ3) is 4.78. The molecule has 36 heavy (non-hydrogen) atoms. The normalized spacial score (nSPS) is 16.6. The average Bonchev–Trinajstić information content (AvgIpc) is 3.20. The van der Waals surface area contributed by atoms with Gasteiger partial charge in [-0.15, -0.1) is 0 Å². The number of nitrogens with one attached hydrogen (secondary N) is 2. The van der Waals surface area contributed by atoms with Crippen LogP contribution in [0.2, 0.25) is 0 Å². The van der Waals surface area contributed by atoms with Gasteiger partial charge in [-0.1, -0.05) is 18.7 Å². The molecule has 0 atom stereocenters. The molecule has 180 valence electrons. The van der Waals surface area contributed by atoms with Crippen LogP contribution in [-0.4, -0.2) is 50.7 Å². The molecule has 0 spiro atoms. The van der Waals surface area contributed by atoms with Crippen LogP contribution in [0.4, 0.5) is 17.3 Å². The number of aliphatic imine (C=N–C) groups is 1. The molecule has 0 aliphatic carbocycles. The minimum atomic E-state index is 0.177. The number of aromatic nitrogens is 3. The van der Waals surface area contributed by atoms with E-state index in [0.29, 0.717) is 34.8 Å². The van der Waals surface area contributed by atoms with Crippen molar-refractivity contribution in [3.05, 3.63) is 84.1 Å². The number of piperidine rings is 1. The second-order valence-electron chi connectivity index (χ2n) is 8.74. The first-order chi connectivity index (χ1) is 17.5. The van der Waals surface area contributed by atoms with Crippen LogP contribution < -0.4 is 16.0 Å². The minimum absolute atomic E-state index is 0.177. The van der Waals surface area contributed by atoms with E-state index in [-0.39, 0.29) is 11.7 Å². The number of amidine groups is 2. The highest BCUT2D eigenvalue weighted by Crippen LogP contribution is 2.28. The number of nitrogen functional groups attached to an aromatic ring is 1. The number of hydrogen-bond acceptors (Lipinski definition) is 9. The van der Waals surface area contributed by atoms with Crippen molar-refractivity contribution < 1.29 is 0 Å². The van der Waals surface area contributed by atoms with Crippen molar-refractivity contribution in [2.75, 3.05) is 29.0 Å². The van der Waals surface area contributed by atoms with E-state index in [4.69, 9.17) is 16.4 Å². The first-order valence-electron chi connectivity index (χ1n) is 11.7. The number of nitrogens with two attached hydrogens (primary N) is 1. The predicted octanol–water partition coefficient (Wildman–Crippen LogP) is 3.16. The summed E-state index contributed by atoms with van der Waals surface area (Å²) in [4.78, 5) is 21.0. The van der Waals surface area contributed by atoms with Crippen molar-refractivity contribution in [2.45, 2.75) is 25.4 Å². The minimum Gasteiger partial charge on any atom is -0.383 e. The molecule has 1 saturated heterocycles. The zero-order valence-electron chi connectivity index (χ0n) is 19.7. The number of nitrogens with zero attached hydrogens (tertiary/aromatic N) is 7. The Hall–Kier alpha value is -4.62. The van der Waals surface area contributed by atoms with Gasteiger partial charge >= 0.3 is 0 Å². The van der Waals surface area contributed by atoms with Gasteiger partial charge in [0.15, 0.2) is 11.7 Å². The van der Waals surface area contributed by atoms with Gasteiger partial charge in [-0.05, 0) is 48.7 Å². The van der Waals surface area contributed by atoms with E-state index in [9.17, 15) is 0 Å². The van der Waals surface area contributed by atoms with Gasteiger partial charge < -0.3 is 11.1 Å². The average molecular weight is 479 g/mol. The molecular weight excluding hydrogens is 452 g/mol. The van der Waals surface area contributed by atoms with E-state index in [1.54, 1.807) is 29.4 Å². The van der Waals surface area contributed by atoms with Crippen molar-refractivity contribution >= 4 is 29.0 Å². The summed E-state index contributed by atoms with van der Waals surface area (Å²) >= 11 is 0. The topological polar surface area (TPSA) is 143 Å². The van der Waals surface area contributed by atoms with E-state index in [0.717, 1.165) is 38.2 Å². The second-order valence-corrected chi connectivity index (χ2v) is 8.74. The predicted molar refractivity (Wildman–Crippen MR) is 140 cm³/mol. The van der Waals surface area contributed by atoms with Gasteiger partial charge in [-0.25, -0.2) is 19.9 Å². The number of anilines is 3.